The van der Waals surface area contributed by atoms with Gasteiger partial charge in [0.05, 0.1) is 0 Å². The molecule has 2 aromatic heterocycles. The second kappa shape index (κ2) is 3.25. The van der Waals surface area contributed by atoms with E-state index in [1.807, 2.05) is 0 Å². The van der Waals surface area contributed by atoms with Crippen LogP contribution in [0.5, 0.6) is 0 Å². The predicted octanol–water partition coefficient (Wildman–Crippen LogP) is 1.45. The standard InChI is InChI=1S/C9H13N5/c1-3-5(2)8-13-6-7(10)11-4-12-9(6)14-8/h4-5H,3H2,1-2H3,(H3,10,11,12,13,14). The van der Waals surface area contributed by atoms with E-state index in [1.165, 1.54) is 6.33 Å². The van der Waals surface area contributed by atoms with Gasteiger partial charge in [0, 0.05) is 5.92 Å². The van der Waals surface area contributed by atoms with E-state index in [-0.39, 0.29) is 0 Å². The summed E-state index contributed by atoms with van der Waals surface area (Å²) in [6.45, 7) is 4.23. The van der Waals surface area contributed by atoms with Gasteiger partial charge in [-0.3, -0.25) is 0 Å². The van der Waals surface area contributed by atoms with E-state index < -0.39 is 0 Å². The summed E-state index contributed by atoms with van der Waals surface area (Å²) in [4.78, 5) is 15.5. The van der Waals surface area contributed by atoms with Gasteiger partial charge < -0.3 is 10.7 Å². The minimum atomic E-state index is 0.392. The first-order chi connectivity index (χ1) is 6.72. The van der Waals surface area contributed by atoms with E-state index in [1.54, 1.807) is 0 Å². The zero-order valence-corrected chi connectivity index (χ0v) is 8.28. The summed E-state index contributed by atoms with van der Waals surface area (Å²) in [6.07, 6.45) is 2.46. The van der Waals surface area contributed by atoms with Crippen molar-refractivity contribution in [2.24, 2.45) is 0 Å². The number of hydrogen-bond donors (Lipinski definition) is 2. The third-order valence-electron chi connectivity index (χ3n) is 2.42. The van der Waals surface area contributed by atoms with Crippen LogP contribution in [-0.2, 0) is 0 Å². The highest BCUT2D eigenvalue weighted by Gasteiger charge is 2.11. The van der Waals surface area contributed by atoms with Crippen LogP contribution in [0.2, 0.25) is 0 Å². The van der Waals surface area contributed by atoms with Crippen molar-refractivity contribution >= 4 is 17.0 Å². The van der Waals surface area contributed by atoms with Gasteiger partial charge in [0.2, 0.25) is 0 Å². The Kier molecular flexibility index (Phi) is 2.07. The van der Waals surface area contributed by atoms with Gasteiger partial charge >= 0.3 is 0 Å². The van der Waals surface area contributed by atoms with Crippen molar-refractivity contribution < 1.29 is 0 Å². The fourth-order valence-electron chi connectivity index (χ4n) is 1.29. The Bertz CT molecular complexity index is 447. The molecule has 0 aliphatic rings. The second-order valence-electron chi connectivity index (χ2n) is 3.39. The summed E-state index contributed by atoms with van der Waals surface area (Å²) < 4.78 is 0. The quantitative estimate of drug-likeness (QED) is 0.752. The highest BCUT2D eigenvalue weighted by atomic mass is 15.0. The van der Waals surface area contributed by atoms with Crippen molar-refractivity contribution in [3.63, 3.8) is 0 Å². The van der Waals surface area contributed by atoms with Crippen molar-refractivity contribution in [2.45, 2.75) is 26.2 Å². The first-order valence-electron chi connectivity index (χ1n) is 4.68. The largest absolute Gasteiger partial charge is 0.382 e. The summed E-state index contributed by atoms with van der Waals surface area (Å²) in [7, 11) is 0. The molecule has 0 radical (unpaired) electrons. The molecule has 0 saturated heterocycles. The van der Waals surface area contributed by atoms with Gasteiger partial charge in [0.1, 0.15) is 17.7 Å². The number of aromatic nitrogens is 4. The number of imidazole rings is 1. The topological polar surface area (TPSA) is 80.5 Å². The van der Waals surface area contributed by atoms with Gasteiger partial charge in [0.25, 0.3) is 0 Å². The molecule has 0 saturated carbocycles. The average Bonchev–Trinajstić information content (AvgIpc) is 2.62. The number of anilines is 1. The molecule has 0 aromatic carbocycles. The smallest absolute Gasteiger partial charge is 0.183 e. The van der Waals surface area contributed by atoms with Crippen LogP contribution >= 0.6 is 0 Å². The molecule has 0 bridgehead atoms. The summed E-state index contributed by atoms with van der Waals surface area (Å²) in [5.74, 6) is 1.77. The van der Waals surface area contributed by atoms with E-state index in [2.05, 4.69) is 33.8 Å². The monoisotopic (exact) mass is 191 g/mol. The van der Waals surface area contributed by atoms with Gasteiger partial charge in [0.15, 0.2) is 11.5 Å². The van der Waals surface area contributed by atoms with Crippen molar-refractivity contribution in [1.82, 2.24) is 19.9 Å². The zero-order valence-electron chi connectivity index (χ0n) is 8.28. The minimum Gasteiger partial charge on any atom is -0.382 e. The summed E-state index contributed by atoms with van der Waals surface area (Å²) in [5.41, 5.74) is 7.07. The number of H-pyrrole nitrogens is 1. The maximum Gasteiger partial charge on any atom is 0.183 e. The fourth-order valence-corrected chi connectivity index (χ4v) is 1.29. The molecule has 0 aliphatic heterocycles. The van der Waals surface area contributed by atoms with Gasteiger partial charge in [-0.25, -0.2) is 15.0 Å². The maximum absolute atomic E-state index is 5.69. The molecule has 5 nitrogen and oxygen atoms in total. The van der Waals surface area contributed by atoms with E-state index in [0.29, 0.717) is 17.4 Å². The van der Waals surface area contributed by atoms with Crippen LogP contribution in [-0.4, -0.2) is 19.9 Å². The normalized spacial score (nSPS) is 13.3. The lowest BCUT2D eigenvalue weighted by atomic mass is 10.1. The molecule has 74 valence electrons. The Hall–Kier alpha value is -1.65. The van der Waals surface area contributed by atoms with Crippen LogP contribution < -0.4 is 5.73 Å². The van der Waals surface area contributed by atoms with Crippen molar-refractivity contribution in [3.05, 3.63) is 12.2 Å². The van der Waals surface area contributed by atoms with E-state index in [9.17, 15) is 0 Å². The van der Waals surface area contributed by atoms with E-state index in [4.69, 9.17) is 5.73 Å². The molecular formula is C9H13N5. The Morgan fingerprint density at radius 1 is 1.50 bits per heavy atom. The van der Waals surface area contributed by atoms with Gasteiger partial charge in [-0.05, 0) is 6.42 Å². The lowest BCUT2D eigenvalue weighted by Gasteiger charge is -2.01. The van der Waals surface area contributed by atoms with Crippen molar-refractivity contribution in [2.75, 3.05) is 5.73 Å². The average molecular weight is 191 g/mol. The minimum absolute atomic E-state index is 0.392. The second-order valence-corrected chi connectivity index (χ2v) is 3.39. The van der Waals surface area contributed by atoms with Crippen LogP contribution in [0.15, 0.2) is 6.33 Å². The van der Waals surface area contributed by atoms with Gasteiger partial charge in [-0.1, -0.05) is 13.8 Å². The van der Waals surface area contributed by atoms with Gasteiger partial charge in [-0.2, -0.15) is 0 Å². The highest BCUT2D eigenvalue weighted by molar-refractivity contribution is 5.81. The number of rotatable bonds is 2. The zero-order chi connectivity index (χ0) is 10.1. The number of nitrogen functional groups attached to an aromatic ring is 1. The molecule has 1 unspecified atom stereocenters. The Morgan fingerprint density at radius 2 is 2.29 bits per heavy atom. The van der Waals surface area contributed by atoms with Crippen LogP contribution in [0.25, 0.3) is 11.2 Å². The Labute approximate surface area is 81.8 Å². The number of aromatic amines is 1. The molecule has 0 spiro atoms. The molecule has 14 heavy (non-hydrogen) atoms. The molecule has 2 aromatic rings. The van der Waals surface area contributed by atoms with E-state index >= 15 is 0 Å². The van der Waals surface area contributed by atoms with Crippen LogP contribution in [0, 0.1) is 0 Å². The first-order valence-corrected chi connectivity index (χ1v) is 4.68. The first kappa shape index (κ1) is 8.93. The summed E-state index contributed by atoms with van der Waals surface area (Å²) >= 11 is 0. The lowest BCUT2D eigenvalue weighted by molar-refractivity contribution is 0.692. The van der Waals surface area contributed by atoms with Crippen LogP contribution in [0.4, 0.5) is 5.82 Å². The Balaban J connectivity index is 2.56. The Morgan fingerprint density at radius 3 is 2.93 bits per heavy atom. The molecular weight excluding hydrogens is 178 g/mol. The molecule has 2 heterocycles. The number of hydrogen-bond acceptors (Lipinski definition) is 4. The third-order valence-corrected chi connectivity index (χ3v) is 2.42. The van der Waals surface area contributed by atoms with Crippen molar-refractivity contribution in [3.8, 4) is 0 Å². The molecule has 1 atom stereocenters. The van der Waals surface area contributed by atoms with Crippen LogP contribution in [0.1, 0.15) is 32.0 Å². The summed E-state index contributed by atoms with van der Waals surface area (Å²) in [5, 5.41) is 0. The van der Waals surface area contributed by atoms with E-state index in [0.717, 1.165) is 17.8 Å². The van der Waals surface area contributed by atoms with Crippen molar-refractivity contribution in [1.29, 1.82) is 0 Å². The molecule has 5 heteroatoms. The predicted molar refractivity (Wildman–Crippen MR) is 54.8 cm³/mol. The number of nitrogens with one attached hydrogen (secondary N) is 1. The molecule has 0 amide bonds. The number of nitrogens with zero attached hydrogens (tertiary/aromatic N) is 3. The SMILES string of the molecule is CCC(C)c1nc2ncnc(N)c2[nH]1. The molecule has 0 aliphatic carbocycles. The molecule has 2 rings (SSSR count). The molecule has 3 N–H and O–H groups in total. The number of fused-ring (bicyclic) bond motifs is 1. The lowest BCUT2D eigenvalue weighted by Crippen LogP contribution is -1.93. The fraction of sp³-hybridized carbons (Fsp3) is 0.444. The summed E-state index contributed by atoms with van der Waals surface area (Å²) in [6, 6.07) is 0. The van der Waals surface area contributed by atoms with Gasteiger partial charge in [-0.15, -0.1) is 0 Å². The maximum atomic E-state index is 5.69. The number of nitrogens with two attached hydrogens (primary N) is 1. The van der Waals surface area contributed by atoms with Crippen LogP contribution in [0.3, 0.4) is 0 Å². The third kappa shape index (κ3) is 1.30. The highest BCUT2D eigenvalue weighted by Crippen LogP contribution is 2.20. The molecule has 0 fully saturated rings.